The number of rotatable bonds is 4. The van der Waals surface area contributed by atoms with Crippen LogP contribution in [-0.2, 0) is 4.74 Å². The van der Waals surface area contributed by atoms with E-state index in [1.54, 1.807) is 29.2 Å². The van der Waals surface area contributed by atoms with E-state index in [2.05, 4.69) is 15.5 Å². The molecule has 1 saturated heterocycles. The third-order valence-corrected chi connectivity index (χ3v) is 4.66. The summed E-state index contributed by atoms with van der Waals surface area (Å²) in [5, 5.41) is 20.7. The van der Waals surface area contributed by atoms with E-state index in [9.17, 15) is 19.7 Å². The molecule has 0 unspecified atom stereocenters. The molecule has 0 atom stereocenters. The summed E-state index contributed by atoms with van der Waals surface area (Å²) in [6.07, 6.45) is 0. The maximum Gasteiger partial charge on any atom is 0.276 e. The van der Waals surface area contributed by atoms with Crippen molar-refractivity contribution in [3.63, 3.8) is 0 Å². The van der Waals surface area contributed by atoms with E-state index >= 15 is 0 Å². The molecule has 0 aliphatic carbocycles. The van der Waals surface area contributed by atoms with E-state index in [1.807, 2.05) is 0 Å². The summed E-state index contributed by atoms with van der Waals surface area (Å²) in [4.78, 5) is 37.2. The van der Waals surface area contributed by atoms with Crippen LogP contribution in [0, 0.1) is 10.1 Å². The Balaban J connectivity index is 1.50. The lowest BCUT2D eigenvalue weighted by atomic mass is 10.1. The fourth-order valence-corrected chi connectivity index (χ4v) is 3.12. The largest absolute Gasteiger partial charge is 0.378 e. The quantitative estimate of drug-likeness (QED) is 0.514. The molecule has 3 aromatic rings. The molecule has 2 amide bonds. The Labute approximate surface area is 164 Å². The van der Waals surface area contributed by atoms with Crippen LogP contribution in [-0.4, -0.2) is 58.1 Å². The molecule has 29 heavy (non-hydrogen) atoms. The number of nitrogens with zero attached hydrogens (tertiary/aromatic N) is 3. The van der Waals surface area contributed by atoms with Gasteiger partial charge in [0.05, 0.1) is 23.7 Å². The number of aromatic nitrogens is 2. The summed E-state index contributed by atoms with van der Waals surface area (Å²) in [7, 11) is 0. The molecule has 2 N–H and O–H groups in total. The maximum absolute atomic E-state index is 12.6. The summed E-state index contributed by atoms with van der Waals surface area (Å²) in [5.74, 6) is -0.596. The van der Waals surface area contributed by atoms with Gasteiger partial charge in [-0.2, -0.15) is 5.10 Å². The smallest absolute Gasteiger partial charge is 0.276 e. The van der Waals surface area contributed by atoms with Crippen molar-refractivity contribution in [3.8, 4) is 0 Å². The van der Waals surface area contributed by atoms with E-state index in [1.165, 1.54) is 18.2 Å². The van der Waals surface area contributed by atoms with Crippen molar-refractivity contribution in [3.05, 3.63) is 63.8 Å². The molecule has 1 aromatic heterocycles. The number of ether oxygens (including phenoxy) is 1. The molecule has 1 aliphatic rings. The van der Waals surface area contributed by atoms with Crippen molar-refractivity contribution in [1.82, 2.24) is 15.1 Å². The lowest BCUT2D eigenvalue weighted by Crippen LogP contribution is -2.40. The van der Waals surface area contributed by atoms with E-state index in [0.717, 1.165) is 0 Å². The van der Waals surface area contributed by atoms with E-state index in [4.69, 9.17) is 4.74 Å². The highest BCUT2D eigenvalue weighted by Gasteiger charge is 2.20. The number of hydrogen-bond acceptors (Lipinski definition) is 6. The first kappa shape index (κ1) is 18.6. The third-order valence-electron chi connectivity index (χ3n) is 4.66. The van der Waals surface area contributed by atoms with Gasteiger partial charge >= 0.3 is 0 Å². The number of non-ortho nitro benzene ring substituents is 1. The van der Waals surface area contributed by atoms with Crippen molar-refractivity contribution < 1.29 is 19.2 Å². The minimum Gasteiger partial charge on any atom is -0.378 e. The second kappa shape index (κ2) is 7.68. The predicted octanol–water partition coefficient (Wildman–Crippen LogP) is 2.20. The van der Waals surface area contributed by atoms with E-state index in [0.29, 0.717) is 48.5 Å². The number of carbonyl (C=O) groups excluding carboxylic acids is 2. The fraction of sp³-hybridized carbons (Fsp3) is 0.211. The normalized spacial score (nSPS) is 14.0. The van der Waals surface area contributed by atoms with Gasteiger partial charge in [0.2, 0.25) is 0 Å². The van der Waals surface area contributed by atoms with Gasteiger partial charge in [-0.25, -0.2) is 0 Å². The number of fused-ring (bicyclic) bond motifs is 1. The second-order valence-electron chi connectivity index (χ2n) is 6.50. The molecule has 4 rings (SSSR count). The minimum absolute atomic E-state index is 0.0529. The number of aromatic amines is 1. The molecule has 0 bridgehead atoms. The molecule has 1 fully saturated rings. The number of benzene rings is 2. The molecular formula is C19H17N5O5. The summed E-state index contributed by atoms with van der Waals surface area (Å²) in [5.41, 5.74) is 1.45. The Morgan fingerprint density at radius 3 is 2.55 bits per heavy atom. The third kappa shape index (κ3) is 3.78. The summed E-state index contributed by atoms with van der Waals surface area (Å²) in [6, 6.07) is 10.7. The van der Waals surface area contributed by atoms with Crippen LogP contribution in [0.1, 0.15) is 20.8 Å². The number of carbonyl (C=O) groups is 2. The zero-order valence-electron chi connectivity index (χ0n) is 15.3. The maximum atomic E-state index is 12.6. The Morgan fingerprint density at radius 2 is 1.86 bits per heavy atom. The average molecular weight is 395 g/mol. The molecule has 1 aliphatic heterocycles. The van der Waals surface area contributed by atoms with Gasteiger partial charge in [-0.3, -0.25) is 24.8 Å². The SMILES string of the molecule is O=C(Nc1ccc(C(=O)N2CCOCC2)cc1)c1n[nH]c2ccc([N+](=O)[O-])cc12. The number of nitro benzene ring substituents is 1. The highest BCUT2D eigenvalue weighted by molar-refractivity contribution is 6.11. The Morgan fingerprint density at radius 1 is 1.14 bits per heavy atom. The van der Waals surface area contributed by atoms with Gasteiger partial charge in [-0.05, 0) is 30.3 Å². The number of H-pyrrole nitrogens is 1. The first-order valence-electron chi connectivity index (χ1n) is 8.94. The van der Waals surface area contributed by atoms with Gasteiger partial charge in [0.15, 0.2) is 5.69 Å². The van der Waals surface area contributed by atoms with Crippen molar-refractivity contribution in [1.29, 1.82) is 0 Å². The first-order valence-corrected chi connectivity index (χ1v) is 8.94. The van der Waals surface area contributed by atoms with Crippen molar-refractivity contribution in [2.45, 2.75) is 0 Å². The van der Waals surface area contributed by atoms with Gasteiger partial charge < -0.3 is 15.0 Å². The Kier molecular flexibility index (Phi) is 4.92. The molecular weight excluding hydrogens is 378 g/mol. The van der Waals surface area contributed by atoms with Gasteiger partial charge in [-0.15, -0.1) is 0 Å². The molecule has 0 spiro atoms. The monoisotopic (exact) mass is 395 g/mol. The Hall–Kier alpha value is -3.79. The zero-order valence-corrected chi connectivity index (χ0v) is 15.3. The predicted molar refractivity (Wildman–Crippen MR) is 104 cm³/mol. The van der Waals surface area contributed by atoms with Gasteiger partial charge in [0.25, 0.3) is 17.5 Å². The number of anilines is 1. The molecule has 2 heterocycles. The topological polar surface area (TPSA) is 130 Å². The molecule has 10 nitrogen and oxygen atoms in total. The highest BCUT2D eigenvalue weighted by Crippen LogP contribution is 2.23. The lowest BCUT2D eigenvalue weighted by molar-refractivity contribution is -0.384. The van der Waals surface area contributed by atoms with Gasteiger partial charge in [0.1, 0.15) is 0 Å². The van der Waals surface area contributed by atoms with Crippen molar-refractivity contribution in [2.24, 2.45) is 0 Å². The summed E-state index contributed by atoms with van der Waals surface area (Å²) < 4.78 is 5.25. The average Bonchev–Trinajstić information content (AvgIpc) is 3.18. The molecule has 10 heteroatoms. The Bertz CT molecular complexity index is 1090. The van der Waals surface area contributed by atoms with Crippen LogP contribution in [0.2, 0.25) is 0 Å². The molecule has 148 valence electrons. The molecule has 2 aromatic carbocycles. The van der Waals surface area contributed by atoms with E-state index < -0.39 is 10.8 Å². The van der Waals surface area contributed by atoms with Gasteiger partial charge in [0, 0.05) is 41.9 Å². The molecule has 0 radical (unpaired) electrons. The second-order valence-corrected chi connectivity index (χ2v) is 6.50. The number of morpholine rings is 1. The van der Waals surface area contributed by atoms with Crippen molar-refractivity contribution in [2.75, 3.05) is 31.6 Å². The van der Waals surface area contributed by atoms with Gasteiger partial charge in [-0.1, -0.05) is 0 Å². The van der Waals surface area contributed by atoms with E-state index in [-0.39, 0.29) is 17.3 Å². The number of nitrogens with one attached hydrogen (secondary N) is 2. The number of nitro groups is 1. The van der Waals surface area contributed by atoms with Crippen LogP contribution in [0.3, 0.4) is 0 Å². The number of hydrogen-bond donors (Lipinski definition) is 2. The van der Waals surface area contributed by atoms with Crippen LogP contribution in [0.4, 0.5) is 11.4 Å². The standard InChI is InChI=1S/C19H17N5O5/c25-18(17-15-11-14(24(27)28)5-6-16(15)21-22-17)20-13-3-1-12(2-4-13)19(26)23-7-9-29-10-8-23/h1-6,11H,7-10H2,(H,20,25)(H,21,22). The van der Waals surface area contributed by atoms with Crippen LogP contribution < -0.4 is 5.32 Å². The minimum atomic E-state index is -0.529. The number of amides is 2. The summed E-state index contributed by atoms with van der Waals surface area (Å²) in [6.45, 7) is 2.15. The summed E-state index contributed by atoms with van der Waals surface area (Å²) >= 11 is 0. The van der Waals surface area contributed by atoms with Crippen LogP contribution in [0.5, 0.6) is 0 Å². The van der Waals surface area contributed by atoms with Crippen LogP contribution >= 0.6 is 0 Å². The van der Waals surface area contributed by atoms with Crippen LogP contribution in [0.25, 0.3) is 10.9 Å². The lowest BCUT2D eigenvalue weighted by Gasteiger charge is -2.26. The molecule has 0 saturated carbocycles. The fourth-order valence-electron chi connectivity index (χ4n) is 3.12. The highest BCUT2D eigenvalue weighted by atomic mass is 16.6. The zero-order chi connectivity index (χ0) is 20.4. The van der Waals surface area contributed by atoms with Crippen LogP contribution in [0.15, 0.2) is 42.5 Å². The van der Waals surface area contributed by atoms with Crippen molar-refractivity contribution >= 4 is 34.1 Å². The first-order chi connectivity index (χ1) is 14.0.